The van der Waals surface area contributed by atoms with E-state index in [4.69, 9.17) is 4.74 Å². The lowest BCUT2D eigenvalue weighted by Gasteiger charge is -2.26. The summed E-state index contributed by atoms with van der Waals surface area (Å²) >= 11 is 0. The highest BCUT2D eigenvalue weighted by Crippen LogP contribution is 2.29. The molecule has 0 fully saturated rings. The molecule has 0 unspecified atom stereocenters. The van der Waals surface area contributed by atoms with Crippen LogP contribution >= 0.6 is 0 Å². The van der Waals surface area contributed by atoms with E-state index in [0.29, 0.717) is 0 Å². The van der Waals surface area contributed by atoms with Gasteiger partial charge in [-0.2, -0.15) is 8.78 Å². The second kappa shape index (κ2) is 8.69. The first-order chi connectivity index (χ1) is 13.8. The van der Waals surface area contributed by atoms with E-state index >= 15 is 0 Å². The normalized spacial score (nSPS) is 16.2. The third-order valence-corrected chi connectivity index (χ3v) is 6.09. The molecule has 2 aromatic carbocycles. The van der Waals surface area contributed by atoms with Crippen molar-refractivity contribution in [2.75, 3.05) is 6.61 Å². The number of sulfone groups is 1. The van der Waals surface area contributed by atoms with Crippen LogP contribution in [0.1, 0.15) is 40.4 Å². The Morgan fingerprint density at radius 3 is 2.48 bits per heavy atom. The van der Waals surface area contributed by atoms with Gasteiger partial charge in [-0.3, -0.25) is 4.79 Å². The van der Waals surface area contributed by atoms with Crippen molar-refractivity contribution in [3.63, 3.8) is 0 Å². The molecule has 0 radical (unpaired) electrons. The van der Waals surface area contributed by atoms with Crippen molar-refractivity contribution in [1.29, 1.82) is 0 Å². The number of ether oxygens (including phenoxy) is 1. The summed E-state index contributed by atoms with van der Waals surface area (Å²) in [4.78, 5) is 23.6. The molecule has 0 heterocycles. The first-order valence-electron chi connectivity index (χ1n) is 8.95. The number of esters is 1. The number of halogens is 2. The lowest BCUT2D eigenvalue weighted by molar-refractivity contribution is -0.125. The molecule has 3 rings (SSSR count). The molecule has 2 aromatic rings. The number of fused-ring (bicyclic) bond motifs is 1. The molecule has 0 aliphatic heterocycles. The van der Waals surface area contributed by atoms with E-state index in [1.165, 1.54) is 5.56 Å². The molecule has 29 heavy (non-hydrogen) atoms. The maximum Gasteiger partial charge on any atom is 0.341 e. The van der Waals surface area contributed by atoms with Gasteiger partial charge in [-0.15, -0.1) is 0 Å². The first-order valence-corrected chi connectivity index (χ1v) is 10.5. The van der Waals surface area contributed by atoms with E-state index in [1.54, 1.807) is 0 Å². The molecule has 154 valence electrons. The Labute approximate surface area is 166 Å². The van der Waals surface area contributed by atoms with Crippen LogP contribution in [0, 0.1) is 0 Å². The molecule has 0 spiro atoms. The van der Waals surface area contributed by atoms with E-state index in [-0.39, 0.29) is 11.6 Å². The topological polar surface area (TPSA) is 89.5 Å². The Hall–Kier alpha value is -2.81. The highest BCUT2D eigenvalue weighted by molar-refractivity contribution is 7.91. The van der Waals surface area contributed by atoms with E-state index in [1.807, 2.05) is 24.3 Å². The smallest absolute Gasteiger partial charge is 0.341 e. The van der Waals surface area contributed by atoms with Crippen LogP contribution in [-0.2, 0) is 25.8 Å². The van der Waals surface area contributed by atoms with Gasteiger partial charge in [0.1, 0.15) is 0 Å². The van der Waals surface area contributed by atoms with Crippen molar-refractivity contribution < 1.29 is 31.5 Å². The minimum atomic E-state index is -4.74. The Balaban J connectivity index is 1.56. The summed E-state index contributed by atoms with van der Waals surface area (Å²) < 4.78 is 52.8. The van der Waals surface area contributed by atoms with Crippen LogP contribution < -0.4 is 5.32 Å². The number of amides is 1. The van der Waals surface area contributed by atoms with Crippen LogP contribution in [0.25, 0.3) is 0 Å². The molecule has 1 N–H and O–H groups in total. The fourth-order valence-electron chi connectivity index (χ4n) is 3.24. The number of hydrogen-bond donors (Lipinski definition) is 1. The fourth-order valence-corrected chi connectivity index (χ4v) is 3.96. The minimum absolute atomic E-state index is 0.0472. The van der Waals surface area contributed by atoms with Gasteiger partial charge in [-0.1, -0.05) is 24.3 Å². The molecule has 0 saturated carbocycles. The van der Waals surface area contributed by atoms with Gasteiger partial charge in [0.2, 0.25) is 9.84 Å². The van der Waals surface area contributed by atoms with Crippen LogP contribution in [0.15, 0.2) is 53.4 Å². The standard InChI is InChI=1S/C20H19F2NO5S/c21-20(22)29(26,27)15-10-8-14(9-11-15)19(25)28-12-18(24)23-17-7-3-5-13-4-1-2-6-16(13)17/h1-2,4,6,8-11,17,20H,3,5,7,12H2,(H,23,24)/t17-/m0/s1. The van der Waals surface area contributed by atoms with Crippen molar-refractivity contribution in [3.8, 4) is 0 Å². The third kappa shape index (κ3) is 4.79. The predicted molar refractivity (Wildman–Crippen MR) is 100 cm³/mol. The van der Waals surface area contributed by atoms with Crippen molar-refractivity contribution in [3.05, 3.63) is 65.2 Å². The summed E-state index contributed by atoms with van der Waals surface area (Å²) in [5, 5.41) is 2.84. The number of aryl methyl sites for hydroxylation is 1. The predicted octanol–water partition coefficient (Wildman–Crippen LogP) is 3.03. The number of carbonyl (C=O) groups excluding carboxylic acids is 2. The molecular formula is C20H19F2NO5S. The summed E-state index contributed by atoms with van der Waals surface area (Å²) in [6, 6.07) is 11.6. The second-order valence-electron chi connectivity index (χ2n) is 6.62. The van der Waals surface area contributed by atoms with E-state index < -0.39 is 39.0 Å². The number of benzene rings is 2. The zero-order chi connectivity index (χ0) is 21.0. The zero-order valence-electron chi connectivity index (χ0n) is 15.3. The number of rotatable bonds is 6. The van der Waals surface area contributed by atoms with Crippen molar-refractivity contribution in [2.45, 2.75) is 36.0 Å². The average molecular weight is 423 g/mol. The molecule has 0 saturated heterocycles. The highest BCUT2D eigenvalue weighted by atomic mass is 32.2. The summed E-state index contributed by atoms with van der Waals surface area (Å²) in [6.07, 6.45) is 2.68. The lowest BCUT2D eigenvalue weighted by Crippen LogP contribution is -2.34. The zero-order valence-corrected chi connectivity index (χ0v) is 16.1. The monoisotopic (exact) mass is 423 g/mol. The number of alkyl halides is 2. The minimum Gasteiger partial charge on any atom is -0.452 e. The van der Waals surface area contributed by atoms with E-state index in [2.05, 4.69) is 5.32 Å². The molecule has 9 heteroatoms. The Morgan fingerprint density at radius 2 is 1.79 bits per heavy atom. The largest absolute Gasteiger partial charge is 0.452 e. The SMILES string of the molecule is O=C(COC(=O)c1ccc(S(=O)(=O)C(F)F)cc1)N[C@H]1CCCc2ccccc21. The van der Waals surface area contributed by atoms with Gasteiger partial charge in [-0.05, 0) is 54.7 Å². The fraction of sp³-hybridized carbons (Fsp3) is 0.300. The molecule has 1 aliphatic rings. The Kier molecular flexibility index (Phi) is 6.26. The van der Waals surface area contributed by atoms with Gasteiger partial charge in [0.25, 0.3) is 5.91 Å². The molecular weight excluding hydrogens is 404 g/mol. The Bertz CT molecular complexity index is 1010. The highest BCUT2D eigenvalue weighted by Gasteiger charge is 2.27. The first kappa shape index (κ1) is 20.9. The van der Waals surface area contributed by atoms with Crippen LogP contribution in [0.2, 0.25) is 0 Å². The van der Waals surface area contributed by atoms with Gasteiger partial charge in [-0.25, -0.2) is 13.2 Å². The lowest BCUT2D eigenvalue weighted by atomic mass is 9.88. The van der Waals surface area contributed by atoms with Crippen LogP contribution in [0.5, 0.6) is 0 Å². The molecule has 1 atom stereocenters. The van der Waals surface area contributed by atoms with Gasteiger partial charge < -0.3 is 10.1 Å². The van der Waals surface area contributed by atoms with Crippen LogP contribution in [-0.4, -0.2) is 32.7 Å². The van der Waals surface area contributed by atoms with Crippen molar-refractivity contribution >= 4 is 21.7 Å². The third-order valence-electron chi connectivity index (χ3n) is 4.69. The molecule has 1 amide bonds. The number of hydrogen-bond acceptors (Lipinski definition) is 5. The summed E-state index contributed by atoms with van der Waals surface area (Å²) in [5.74, 6) is -4.86. The summed E-state index contributed by atoms with van der Waals surface area (Å²) in [5.41, 5.74) is 2.18. The number of carbonyl (C=O) groups is 2. The van der Waals surface area contributed by atoms with Gasteiger partial charge >= 0.3 is 11.7 Å². The molecule has 0 bridgehead atoms. The molecule has 1 aliphatic carbocycles. The maximum absolute atomic E-state index is 12.5. The summed E-state index contributed by atoms with van der Waals surface area (Å²) in [7, 11) is -4.74. The van der Waals surface area contributed by atoms with Crippen molar-refractivity contribution in [2.24, 2.45) is 0 Å². The molecule has 6 nitrogen and oxygen atoms in total. The maximum atomic E-state index is 12.5. The van der Waals surface area contributed by atoms with Crippen molar-refractivity contribution in [1.82, 2.24) is 5.32 Å². The van der Waals surface area contributed by atoms with Gasteiger partial charge in [0.15, 0.2) is 6.61 Å². The summed E-state index contributed by atoms with van der Waals surface area (Å²) in [6.45, 7) is -0.505. The van der Waals surface area contributed by atoms with Crippen LogP contribution in [0.3, 0.4) is 0 Å². The molecule has 0 aromatic heterocycles. The van der Waals surface area contributed by atoms with Gasteiger partial charge in [0.05, 0.1) is 16.5 Å². The second-order valence-corrected chi connectivity index (χ2v) is 8.54. The Morgan fingerprint density at radius 1 is 1.10 bits per heavy atom. The average Bonchev–Trinajstić information content (AvgIpc) is 2.72. The van der Waals surface area contributed by atoms with E-state index in [9.17, 15) is 26.8 Å². The van der Waals surface area contributed by atoms with Crippen LogP contribution in [0.4, 0.5) is 8.78 Å². The van der Waals surface area contributed by atoms with Gasteiger partial charge in [0, 0.05) is 0 Å². The quantitative estimate of drug-likeness (QED) is 0.722. The van der Waals surface area contributed by atoms with E-state index in [0.717, 1.165) is 49.1 Å². The number of nitrogens with one attached hydrogen (secondary N) is 1.